The van der Waals surface area contributed by atoms with Crippen LogP contribution in [0.1, 0.15) is 10.4 Å². The van der Waals surface area contributed by atoms with Gasteiger partial charge < -0.3 is 10.2 Å². The molecule has 0 atom stereocenters. The Morgan fingerprint density at radius 2 is 2.24 bits per heavy atom. The van der Waals surface area contributed by atoms with E-state index in [2.05, 4.69) is 17.0 Å². The lowest BCUT2D eigenvalue weighted by Crippen LogP contribution is -2.39. The highest BCUT2D eigenvalue weighted by Gasteiger charge is 2.13. The van der Waals surface area contributed by atoms with Gasteiger partial charge >= 0.3 is 6.03 Å². The van der Waals surface area contributed by atoms with E-state index in [0.717, 1.165) is 16.1 Å². The summed E-state index contributed by atoms with van der Waals surface area (Å²) in [6.45, 7) is 5.30. The Labute approximate surface area is 151 Å². The number of benzene rings is 1. The second-order valence-corrected chi connectivity index (χ2v) is 6.56. The minimum absolute atomic E-state index is 0.0993. The molecule has 0 saturated heterocycles. The van der Waals surface area contributed by atoms with Gasteiger partial charge in [0.15, 0.2) is 0 Å². The molecule has 6 heteroatoms. The van der Waals surface area contributed by atoms with E-state index in [-0.39, 0.29) is 6.03 Å². The van der Waals surface area contributed by atoms with Crippen LogP contribution in [0.15, 0.2) is 72.9 Å². The lowest BCUT2D eigenvalue weighted by molar-refractivity contribution is 0.201. The zero-order valence-corrected chi connectivity index (χ0v) is 14.7. The van der Waals surface area contributed by atoms with E-state index in [9.17, 15) is 4.79 Å². The van der Waals surface area contributed by atoms with Crippen molar-refractivity contribution < 1.29 is 4.79 Å². The third kappa shape index (κ3) is 4.58. The second kappa shape index (κ2) is 8.30. The number of carbonyl (C=O) groups is 1. The molecule has 2 amide bonds. The number of nitrogens with one attached hydrogen (secondary N) is 1. The van der Waals surface area contributed by atoms with Gasteiger partial charge in [-0.3, -0.25) is 0 Å². The molecule has 0 aliphatic rings. The fourth-order valence-electron chi connectivity index (χ4n) is 2.49. The first-order chi connectivity index (χ1) is 12.3. The smallest absolute Gasteiger partial charge is 0.318 e. The number of hydrogen-bond donors (Lipinski definition) is 1. The van der Waals surface area contributed by atoms with E-state index in [4.69, 9.17) is 0 Å². The van der Waals surface area contributed by atoms with E-state index < -0.39 is 0 Å². The summed E-state index contributed by atoms with van der Waals surface area (Å²) in [5.41, 5.74) is 1.99. The van der Waals surface area contributed by atoms with E-state index in [0.29, 0.717) is 19.6 Å². The highest BCUT2D eigenvalue weighted by Crippen LogP contribution is 2.13. The molecule has 0 fully saturated rings. The molecule has 3 aromatic rings. The largest absolute Gasteiger partial charge is 0.334 e. The van der Waals surface area contributed by atoms with Crippen molar-refractivity contribution >= 4 is 17.4 Å². The van der Waals surface area contributed by atoms with Gasteiger partial charge in [0.25, 0.3) is 0 Å². The molecule has 128 valence electrons. The summed E-state index contributed by atoms with van der Waals surface area (Å²) in [7, 11) is 0. The van der Waals surface area contributed by atoms with Crippen LogP contribution in [0.3, 0.4) is 0 Å². The fourth-order valence-corrected chi connectivity index (χ4v) is 3.21. The number of nitrogens with zero attached hydrogens (tertiary/aromatic N) is 3. The predicted molar refractivity (Wildman–Crippen MR) is 101 cm³/mol. The highest BCUT2D eigenvalue weighted by molar-refractivity contribution is 7.09. The predicted octanol–water partition coefficient (Wildman–Crippen LogP) is 3.83. The van der Waals surface area contributed by atoms with Gasteiger partial charge in [0.05, 0.1) is 12.2 Å². The van der Waals surface area contributed by atoms with E-state index >= 15 is 0 Å². The standard InChI is InChI=1S/C19H20N4OS/c1-2-10-22(15-18-8-4-12-25-18)19(24)20-14-16-6-3-7-17(13-16)23-11-5-9-21-23/h2-9,11-13H,1,10,14-15H2,(H,20,24). The van der Waals surface area contributed by atoms with Crippen molar-refractivity contribution in [3.05, 3.63) is 83.3 Å². The average molecular weight is 352 g/mol. The van der Waals surface area contributed by atoms with Crippen LogP contribution in [0.4, 0.5) is 4.79 Å². The molecule has 0 unspecified atom stereocenters. The van der Waals surface area contributed by atoms with Crippen molar-refractivity contribution in [1.29, 1.82) is 0 Å². The number of hydrogen-bond acceptors (Lipinski definition) is 3. The van der Waals surface area contributed by atoms with Crippen molar-refractivity contribution in [3.63, 3.8) is 0 Å². The van der Waals surface area contributed by atoms with Gasteiger partial charge in [0.1, 0.15) is 0 Å². The van der Waals surface area contributed by atoms with Crippen molar-refractivity contribution in [2.75, 3.05) is 6.54 Å². The average Bonchev–Trinajstić information content (AvgIpc) is 3.33. The maximum Gasteiger partial charge on any atom is 0.318 e. The molecular formula is C19H20N4OS. The summed E-state index contributed by atoms with van der Waals surface area (Å²) in [5.74, 6) is 0. The summed E-state index contributed by atoms with van der Waals surface area (Å²) < 4.78 is 1.80. The quantitative estimate of drug-likeness (QED) is 0.657. The molecule has 5 nitrogen and oxygen atoms in total. The Hall–Kier alpha value is -2.86. The van der Waals surface area contributed by atoms with Crippen molar-refractivity contribution in [2.24, 2.45) is 0 Å². The van der Waals surface area contributed by atoms with Crippen LogP contribution in [0, 0.1) is 0 Å². The molecule has 3 rings (SSSR count). The second-order valence-electron chi connectivity index (χ2n) is 5.53. The molecule has 25 heavy (non-hydrogen) atoms. The van der Waals surface area contributed by atoms with Gasteiger partial charge in [-0.25, -0.2) is 9.48 Å². The summed E-state index contributed by atoms with van der Waals surface area (Å²) >= 11 is 1.64. The minimum Gasteiger partial charge on any atom is -0.334 e. The molecule has 1 N–H and O–H groups in total. The molecule has 2 heterocycles. The summed E-state index contributed by atoms with van der Waals surface area (Å²) in [6.07, 6.45) is 5.38. The molecule has 2 aromatic heterocycles. The van der Waals surface area contributed by atoms with Crippen molar-refractivity contribution in [3.8, 4) is 5.69 Å². The van der Waals surface area contributed by atoms with Crippen LogP contribution in [0.2, 0.25) is 0 Å². The summed E-state index contributed by atoms with van der Waals surface area (Å²) in [4.78, 5) is 15.4. The van der Waals surface area contributed by atoms with Gasteiger partial charge in [-0.15, -0.1) is 17.9 Å². The molecule has 0 aliphatic heterocycles. The van der Waals surface area contributed by atoms with E-state index in [1.54, 1.807) is 33.2 Å². The first-order valence-electron chi connectivity index (χ1n) is 8.01. The topological polar surface area (TPSA) is 50.2 Å². The van der Waals surface area contributed by atoms with Crippen LogP contribution < -0.4 is 5.32 Å². The molecule has 0 spiro atoms. The fraction of sp³-hybridized carbons (Fsp3) is 0.158. The molecule has 0 bridgehead atoms. The SMILES string of the molecule is C=CCN(Cc1cccs1)C(=O)NCc1cccc(-n2cccn2)c1. The van der Waals surface area contributed by atoms with Crippen molar-refractivity contribution in [2.45, 2.75) is 13.1 Å². The van der Waals surface area contributed by atoms with Crippen LogP contribution in [0.25, 0.3) is 5.69 Å². The Balaban J connectivity index is 1.62. The highest BCUT2D eigenvalue weighted by atomic mass is 32.1. The van der Waals surface area contributed by atoms with Crippen LogP contribution in [-0.2, 0) is 13.1 Å². The zero-order valence-electron chi connectivity index (χ0n) is 13.8. The molecule has 0 saturated carbocycles. The van der Waals surface area contributed by atoms with Gasteiger partial charge in [0.2, 0.25) is 0 Å². The summed E-state index contributed by atoms with van der Waals surface area (Å²) in [6, 6.07) is 13.8. The normalized spacial score (nSPS) is 10.4. The maximum absolute atomic E-state index is 12.5. The van der Waals surface area contributed by atoms with E-state index in [1.165, 1.54) is 0 Å². The molecule has 0 radical (unpaired) electrons. The van der Waals surface area contributed by atoms with Crippen LogP contribution in [-0.4, -0.2) is 27.3 Å². The molecular weight excluding hydrogens is 332 g/mol. The molecule has 1 aromatic carbocycles. The number of aromatic nitrogens is 2. The Morgan fingerprint density at radius 1 is 1.32 bits per heavy atom. The number of thiophene rings is 1. The Bertz CT molecular complexity index is 812. The number of urea groups is 1. The third-order valence-corrected chi connectivity index (χ3v) is 4.55. The first-order valence-corrected chi connectivity index (χ1v) is 8.89. The van der Waals surface area contributed by atoms with Crippen molar-refractivity contribution in [1.82, 2.24) is 20.0 Å². The first kappa shape index (κ1) is 17.0. The van der Waals surface area contributed by atoms with Gasteiger partial charge in [-0.05, 0) is 35.2 Å². The van der Waals surface area contributed by atoms with Crippen LogP contribution >= 0.6 is 11.3 Å². The number of carbonyl (C=O) groups excluding carboxylic acids is 1. The molecule has 0 aliphatic carbocycles. The summed E-state index contributed by atoms with van der Waals surface area (Å²) in [5, 5.41) is 9.23. The zero-order chi connectivity index (χ0) is 17.5. The van der Waals surface area contributed by atoms with E-state index in [1.807, 2.05) is 54.0 Å². The van der Waals surface area contributed by atoms with Gasteiger partial charge in [0, 0.05) is 30.4 Å². The Morgan fingerprint density at radius 3 is 2.96 bits per heavy atom. The minimum atomic E-state index is -0.0993. The van der Waals surface area contributed by atoms with Crippen LogP contribution in [0.5, 0.6) is 0 Å². The Kier molecular flexibility index (Phi) is 5.64. The third-order valence-electron chi connectivity index (χ3n) is 3.69. The lowest BCUT2D eigenvalue weighted by atomic mass is 10.2. The lowest BCUT2D eigenvalue weighted by Gasteiger charge is -2.21. The number of amides is 2. The van der Waals surface area contributed by atoms with Gasteiger partial charge in [-0.1, -0.05) is 24.3 Å². The maximum atomic E-state index is 12.5. The number of rotatable bonds is 7. The monoisotopic (exact) mass is 352 g/mol. The van der Waals surface area contributed by atoms with Gasteiger partial charge in [-0.2, -0.15) is 5.10 Å².